The van der Waals surface area contributed by atoms with Crippen molar-refractivity contribution in [2.75, 3.05) is 5.32 Å². The number of aryl methyl sites for hydroxylation is 1. The lowest BCUT2D eigenvalue weighted by atomic mass is 9.93. The van der Waals surface area contributed by atoms with E-state index in [2.05, 4.69) is 22.2 Å². The lowest BCUT2D eigenvalue weighted by Gasteiger charge is -2.15. The van der Waals surface area contributed by atoms with Crippen LogP contribution in [0.25, 0.3) is 11.0 Å². The Morgan fingerprint density at radius 3 is 3.12 bits per heavy atom. The summed E-state index contributed by atoms with van der Waals surface area (Å²) < 4.78 is 1.90. The molecule has 2 unspecified atom stereocenters. The summed E-state index contributed by atoms with van der Waals surface area (Å²) in [6, 6.07) is 7.51. The van der Waals surface area contributed by atoms with Gasteiger partial charge in [-0.3, -0.25) is 4.79 Å². The predicted molar refractivity (Wildman–Crippen MR) is 96.4 cm³/mol. The molecule has 6 heteroatoms. The molecule has 1 amide bonds. The highest BCUT2D eigenvalue weighted by atomic mass is 32.1. The van der Waals surface area contributed by atoms with Crippen LogP contribution >= 0.6 is 11.3 Å². The lowest BCUT2D eigenvalue weighted by molar-refractivity contribution is -0.118. The number of carbonyl (C=O) groups is 1. The molecule has 0 bridgehead atoms. The number of hydrogen-bond acceptors (Lipinski definition) is 4. The molecule has 1 aliphatic carbocycles. The number of carbonyl (C=O) groups excluding carboxylic acids is 1. The lowest BCUT2D eigenvalue weighted by Crippen LogP contribution is -2.23. The summed E-state index contributed by atoms with van der Waals surface area (Å²) in [6.45, 7) is 4.16. The molecule has 2 atom stereocenters. The summed E-state index contributed by atoms with van der Waals surface area (Å²) in [5.74, 6) is 0.648. The van der Waals surface area contributed by atoms with Gasteiger partial charge in [0.05, 0.1) is 23.1 Å². The first kappa shape index (κ1) is 15.3. The Hall–Kier alpha value is -2.21. The van der Waals surface area contributed by atoms with E-state index in [9.17, 15) is 4.79 Å². The number of anilines is 1. The number of aromatic nitrogens is 3. The van der Waals surface area contributed by atoms with E-state index >= 15 is 0 Å². The highest BCUT2D eigenvalue weighted by molar-refractivity contribution is 7.15. The Bertz CT molecular complexity index is 897. The van der Waals surface area contributed by atoms with Crippen LogP contribution in [-0.4, -0.2) is 20.4 Å². The van der Waals surface area contributed by atoms with E-state index in [1.807, 2.05) is 35.8 Å². The van der Waals surface area contributed by atoms with Crippen molar-refractivity contribution in [3.05, 3.63) is 41.2 Å². The number of rotatable bonds is 3. The molecule has 1 aliphatic rings. The summed E-state index contributed by atoms with van der Waals surface area (Å²) in [6.07, 6.45) is 5.00. The van der Waals surface area contributed by atoms with Gasteiger partial charge >= 0.3 is 0 Å². The van der Waals surface area contributed by atoms with Crippen LogP contribution in [0, 0.1) is 5.92 Å². The normalized spacial score (nSPS) is 18.3. The topological polar surface area (TPSA) is 59.8 Å². The fraction of sp³-hybridized carbons (Fsp3) is 0.389. The van der Waals surface area contributed by atoms with Gasteiger partial charge in [-0.25, -0.2) is 9.97 Å². The van der Waals surface area contributed by atoms with Crippen molar-refractivity contribution < 1.29 is 4.79 Å². The monoisotopic (exact) mass is 340 g/mol. The van der Waals surface area contributed by atoms with E-state index in [0.717, 1.165) is 34.7 Å². The zero-order valence-corrected chi connectivity index (χ0v) is 14.6. The van der Waals surface area contributed by atoms with Crippen LogP contribution < -0.4 is 5.32 Å². The molecule has 1 N–H and O–H groups in total. The first-order chi connectivity index (χ1) is 11.6. The Kier molecular flexibility index (Phi) is 3.84. The molecular weight excluding hydrogens is 320 g/mol. The van der Waals surface area contributed by atoms with E-state index < -0.39 is 0 Å². The summed E-state index contributed by atoms with van der Waals surface area (Å²) in [5.41, 5.74) is 3.03. The molecule has 0 saturated heterocycles. The number of thiazole rings is 1. The Morgan fingerprint density at radius 1 is 1.42 bits per heavy atom. The molecule has 0 aliphatic heterocycles. The number of imidazole rings is 1. The molecule has 0 saturated carbocycles. The van der Waals surface area contributed by atoms with Crippen LogP contribution in [0.1, 0.15) is 36.9 Å². The first-order valence-corrected chi connectivity index (χ1v) is 9.14. The third kappa shape index (κ3) is 2.71. The number of fused-ring (bicyclic) bond motifs is 2. The summed E-state index contributed by atoms with van der Waals surface area (Å²) >= 11 is 1.62. The van der Waals surface area contributed by atoms with Crippen LogP contribution in [0.4, 0.5) is 5.13 Å². The number of nitrogens with zero attached hydrogens (tertiary/aromatic N) is 3. The molecule has 0 spiro atoms. The maximum atomic E-state index is 12.6. The molecule has 124 valence electrons. The number of nitrogens with one attached hydrogen (secondary N) is 1. The van der Waals surface area contributed by atoms with E-state index in [-0.39, 0.29) is 11.9 Å². The van der Waals surface area contributed by atoms with Gasteiger partial charge in [-0.1, -0.05) is 19.1 Å². The van der Waals surface area contributed by atoms with Crippen molar-refractivity contribution >= 4 is 33.4 Å². The van der Waals surface area contributed by atoms with Gasteiger partial charge in [-0.15, -0.1) is 11.3 Å². The summed E-state index contributed by atoms with van der Waals surface area (Å²) in [5, 5.41) is 3.70. The second-order valence-electron chi connectivity index (χ2n) is 6.54. The van der Waals surface area contributed by atoms with Crippen LogP contribution in [0.5, 0.6) is 0 Å². The predicted octanol–water partition coefficient (Wildman–Crippen LogP) is 3.82. The molecule has 24 heavy (non-hydrogen) atoms. The van der Waals surface area contributed by atoms with Gasteiger partial charge < -0.3 is 9.88 Å². The van der Waals surface area contributed by atoms with E-state index in [1.165, 1.54) is 11.3 Å². The van der Waals surface area contributed by atoms with E-state index in [4.69, 9.17) is 0 Å². The van der Waals surface area contributed by atoms with Crippen molar-refractivity contribution in [2.24, 2.45) is 5.92 Å². The van der Waals surface area contributed by atoms with Gasteiger partial charge in [-0.05, 0) is 44.2 Å². The van der Waals surface area contributed by atoms with Crippen molar-refractivity contribution in [1.82, 2.24) is 14.5 Å². The molecule has 5 nitrogen and oxygen atoms in total. The molecule has 3 aromatic rings. The van der Waals surface area contributed by atoms with Gasteiger partial charge in [0.15, 0.2) is 5.13 Å². The molecule has 4 rings (SSSR count). The minimum Gasteiger partial charge on any atom is -0.318 e. The highest BCUT2D eigenvalue weighted by Crippen LogP contribution is 2.32. The van der Waals surface area contributed by atoms with Gasteiger partial charge in [0.2, 0.25) is 5.91 Å². The largest absolute Gasteiger partial charge is 0.318 e. The number of para-hydroxylation sites is 2. The SMILES string of the molecule is CC1CCc2nc(NC(=O)C(C)n3cnc4ccccc43)sc2C1. The van der Waals surface area contributed by atoms with Crippen LogP contribution in [0.3, 0.4) is 0 Å². The Morgan fingerprint density at radius 2 is 2.25 bits per heavy atom. The fourth-order valence-corrected chi connectivity index (χ4v) is 4.39. The van der Waals surface area contributed by atoms with Crippen LogP contribution in [-0.2, 0) is 17.6 Å². The number of hydrogen-bond donors (Lipinski definition) is 1. The summed E-state index contributed by atoms with van der Waals surface area (Å²) in [4.78, 5) is 22.9. The molecule has 2 heterocycles. The maximum absolute atomic E-state index is 12.6. The Balaban J connectivity index is 1.54. The van der Waals surface area contributed by atoms with E-state index in [0.29, 0.717) is 5.92 Å². The number of benzene rings is 1. The highest BCUT2D eigenvalue weighted by Gasteiger charge is 2.22. The average molecular weight is 340 g/mol. The molecule has 0 radical (unpaired) electrons. The molecular formula is C18H20N4OS. The zero-order chi connectivity index (χ0) is 16.7. The second kappa shape index (κ2) is 6.02. The summed E-state index contributed by atoms with van der Waals surface area (Å²) in [7, 11) is 0. The van der Waals surface area contributed by atoms with Crippen LogP contribution in [0.15, 0.2) is 30.6 Å². The number of amides is 1. The smallest absolute Gasteiger partial charge is 0.248 e. The second-order valence-corrected chi connectivity index (χ2v) is 7.63. The first-order valence-electron chi connectivity index (χ1n) is 8.33. The van der Waals surface area contributed by atoms with Gasteiger partial charge in [-0.2, -0.15) is 0 Å². The third-order valence-electron chi connectivity index (χ3n) is 4.69. The van der Waals surface area contributed by atoms with Gasteiger partial charge in [0, 0.05) is 4.88 Å². The standard InChI is InChI=1S/C18H20N4OS/c1-11-7-8-14-16(9-11)24-18(20-14)21-17(23)12(2)22-10-19-13-5-3-4-6-15(13)22/h3-6,10-12H,7-9H2,1-2H3,(H,20,21,23). The minimum atomic E-state index is -0.336. The van der Waals surface area contributed by atoms with Crippen molar-refractivity contribution in [3.63, 3.8) is 0 Å². The quantitative estimate of drug-likeness (QED) is 0.788. The average Bonchev–Trinajstić information content (AvgIpc) is 3.17. The van der Waals surface area contributed by atoms with Gasteiger partial charge in [0.1, 0.15) is 6.04 Å². The Labute approximate surface area is 144 Å². The zero-order valence-electron chi connectivity index (χ0n) is 13.8. The fourth-order valence-electron chi connectivity index (χ4n) is 3.22. The van der Waals surface area contributed by atoms with E-state index in [1.54, 1.807) is 17.7 Å². The van der Waals surface area contributed by atoms with Crippen molar-refractivity contribution in [2.45, 2.75) is 39.2 Å². The molecule has 1 aromatic carbocycles. The maximum Gasteiger partial charge on any atom is 0.248 e. The molecule has 2 aromatic heterocycles. The van der Waals surface area contributed by atoms with Crippen LogP contribution in [0.2, 0.25) is 0 Å². The van der Waals surface area contributed by atoms with Crippen molar-refractivity contribution in [3.8, 4) is 0 Å². The third-order valence-corrected chi connectivity index (χ3v) is 5.73. The minimum absolute atomic E-state index is 0.0581. The van der Waals surface area contributed by atoms with Crippen molar-refractivity contribution in [1.29, 1.82) is 0 Å². The molecule has 0 fully saturated rings. The van der Waals surface area contributed by atoms with Gasteiger partial charge in [0.25, 0.3) is 0 Å².